The van der Waals surface area contributed by atoms with Crippen molar-refractivity contribution in [1.29, 1.82) is 0 Å². The van der Waals surface area contributed by atoms with Gasteiger partial charge >= 0.3 is 0 Å². The summed E-state index contributed by atoms with van der Waals surface area (Å²) in [5, 5.41) is 2.81. The highest BCUT2D eigenvalue weighted by molar-refractivity contribution is 5.76. The highest BCUT2D eigenvalue weighted by Gasteiger charge is 2.22. The van der Waals surface area contributed by atoms with Crippen molar-refractivity contribution in [3.05, 3.63) is 0 Å². The van der Waals surface area contributed by atoms with E-state index in [0.29, 0.717) is 25.6 Å². The van der Waals surface area contributed by atoms with Crippen LogP contribution in [0.15, 0.2) is 0 Å². The molecular formula is C12H25N3O2. The number of carbonyl (C=O) groups is 1. The average molecular weight is 243 g/mol. The Hall–Kier alpha value is -0.650. The maximum Gasteiger partial charge on any atom is 0.221 e. The topological polar surface area (TPSA) is 67.6 Å². The van der Waals surface area contributed by atoms with E-state index in [1.54, 1.807) is 0 Å². The predicted molar refractivity (Wildman–Crippen MR) is 67.7 cm³/mol. The summed E-state index contributed by atoms with van der Waals surface area (Å²) in [7, 11) is 2.01. The SMILES string of the molecule is CCNC(=O)CC(CN)N(C)CC1CCCO1. The van der Waals surface area contributed by atoms with E-state index in [9.17, 15) is 4.79 Å². The van der Waals surface area contributed by atoms with Gasteiger partial charge in [-0.3, -0.25) is 9.69 Å². The highest BCUT2D eigenvalue weighted by Crippen LogP contribution is 2.14. The normalized spacial score (nSPS) is 21.8. The lowest BCUT2D eigenvalue weighted by Crippen LogP contribution is -2.44. The smallest absolute Gasteiger partial charge is 0.221 e. The summed E-state index contributed by atoms with van der Waals surface area (Å²) in [6, 6.07) is 0.103. The minimum atomic E-state index is 0.0714. The predicted octanol–water partition coefficient (Wildman–Crippen LogP) is -0.0493. The number of rotatable bonds is 7. The number of nitrogens with two attached hydrogens (primary N) is 1. The average Bonchev–Trinajstić information content (AvgIpc) is 2.78. The lowest BCUT2D eigenvalue weighted by atomic mass is 10.1. The van der Waals surface area contributed by atoms with Crippen LogP contribution in [0.25, 0.3) is 0 Å². The van der Waals surface area contributed by atoms with Gasteiger partial charge in [0.2, 0.25) is 5.91 Å². The second-order valence-corrected chi connectivity index (χ2v) is 4.62. The monoisotopic (exact) mass is 243 g/mol. The lowest BCUT2D eigenvalue weighted by molar-refractivity contribution is -0.122. The van der Waals surface area contributed by atoms with Crippen LogP contribution < -0.4 is 11.1 Å². The Labute approximate surface area is 104 Å². The molecule has 1 rings (SSSR count). The molecule has 17 heavy (non-hydrogen) atoms. The van der Waals surface area contributed by atoms with Crippen molar-refractivity contribution in [3.8, 4) is 0 Å². The molecule has 100 valence electrons. The Morgan fingerprint density at radius 2 is 2.41 bits per heavy atom. The third kappa shape index (κ3) is 5.02. The fourth-order valence-electron chi connectivity index (χ4n) is 2.16. The number of likely N-dealkylation sites (N-methyl/N-ethyl adjacent to an activating group) is 1. The van der Waals surface area contributed by atoms with E-state index in [4.69, 9.17) is 10.5 Å². The second kappa shape index (κ2) is 7.63. The van der Waals surface area contributed by atoms with Crippen LogP contribution in [0.3, 0.4) is 0 Å². The zero-order chi connectivity index (χ0) is 12.7. The van der Waals surface area contributed by atoms with Crippen LogP contribution in [0.1, 0.15) is 26.2 Å². The van der Waals surface area contributed by atoms with Crippen LogP contribution in [-0.2, 0) is 9.53 Å². The van der Waals surface area contributed by atoms with Gasteiger partial charge in [0.05, 0.1) is 6.10 Å². The molecule has 0 aromatic carbocycles. The van der Waals surface area contributed by atoms with Crippen LogP contribution in [0, 0.1) is 0 Å². The third-order valence-electron chi connectivity index (χ3n) is 3.21. The van der Waals surface area contributed by atoms with Crippen LogP contribution in [0.4, 0.5) is 0 Å². The molecule has 1 aliphatic heterocycles. The molecule has 0 aromatic rings. The van der Waals surface area contributed by atoms with Gasteiger partial charge in [0.25, 0.3) is 0 Å². The first-order chi connectivity index (χ1) is 8.17. The van der Waals surface area contributed by atoms with Gasteiger partial charge in [-0.15, -0.1) is 0 Å². The van der Waals surface area contributed by atoms with E-state index >= 15 is 0 Å². The first-order valence-corrected chi connectivity index (χ1v) is 6.46. The fraction of sp³-hybridized carbons (Fsp3) is 0.917. The van der Waals surface area contributed by atoms with Crippen molar-refractivity contribution in [3.63, 3.8) is 0 Å². The quantitative estimate of drug-likeness (QED) is 0.658. The number of nitrogens with zero attached hydrogens (tertiary/aromatic N) is 1. The van der Waals surface area contributed by atoms with Crippen molar-refractivity contribution in [2.45, 2.75) is 38.3 Å². The van der Waals surface area contributed by atoms with Crippen molar-refractivity contribution in [2.75, 3.05) is 33.3 Å². The van der Waals surface area contributed by atoms with Crippen molar-refractivity contribution in [1.82, 2.24) is 10.2 Å². The minimum Gasteiger partial charge on any atom is -0.377 e. The minimum absolute atomic E-state index is 0.0714. The van der Waals surface area contributed by atoms with Crippen LogP contribution in [0.2, 0.25) is 0 Å². The van der Waals surface area contributed by atoms with Gasteiger partial charge in [0, 0.05) is 38.7 Å². The van der Waals surface area contributed by atoms with E-state index in [0.717, 1.165) is 26.0 Å². The summed E-state index contributed by atoms with van der Waals surface area (Å²) in [5.41, 5.74) is 5.73. The molecule has 1 heterocycles. The molecule has 2 unspecified atom stereocenters. The van der Waals surface area contributed by atoms with E-state index in [-0.39, 0.29) is 11.9 Å². The van der Waals surface area contributed by atoms with Crippen LogP contribution >= 0.6 is 0 Å². The summed E-state index contributed by atoms with van der Waals surface area (Å²) in [5.74, 6) is 0.0714. The summed E-state index contributed by atoms with van der Waals surface area (Å²) in [4.78, 5) is 13.7. The number of carbonyl (C=O) groups excluding carboxylic acids is 1. The molecule has 0 aliphatic carbocycles. The number of amides is 1. The van der Waals surface area contributed by atoms with Crippen LogP contribution in [-0.4, -0.2) is 56.2 Å². The number of hydrogen-bond acceptors (Lipinski definition) is 4. The van der Waals surface area contributed by atoms with E-state index < -0.39 is 0 Å². The lowest BCUT2D eigenvalue weighted by Gasteiger charge is -2.28. The van der Waals surface area contributed by atoms with E-state index in [1.165, 1.54) is 0 Å². The molecule has 1 amide bonds. The Balaban J connectivity index is 2.34. The van der Waals surface area contributed by atoms with Crippen molar-refractivity contribution >= 4 is 5.91 Å². The molecule has 1 fully saturated rings. The summed E-state index contributed by atoms with van der Waals surface area (Å²) < 4.78 is 5.59. The molecule has 5 nitrogen and oxygen atoms in total. The molecular weight excluding hydrogens is 218 g/mol. The summed E-state index contributed by atoms with van der Waals surface area (Å²) >= 11 is 0. The fourth-order valence-corrected chi connectivity index (χ4v) is 2.16. The highest BCUT2D eigenvalue weighted by atomic mass is 16.5. The van der Waals surface area contributed by atoms with Gasteiger partial charge < -0.3 is 15.8 Å². The van der Waals surface area contributed by atoms with Gasteiger partial charge in [-0.05, 0) is 26.8 Å². The third-order valence-corrected chi connectivity index (χ3v) is 3.21. The molecule has 2 atom stereocenters. The van der Waals surface area contributed by atoms with Crippen molar-refractivity contribution < 1.29 is 9.53 Å². The van der Waals surface area contributed by atoms with E-state index in [2.05, 4.69) is 10.2 Å². The standard InChI is InChI=1S/C12H25N3O2/c1-3-14-12(16)7-10(8-13)15(2)9-11-5-4-6-17-11/h10-11H,3-9,13H2,1-2H3,(H,14,16). The summed E-state index contributed by atoms with van der Waals surface area (Å²) in [6.45, 7) is 4.82. The number of ether oxygens (including phenoxy) is 1. The van der Waals surface area contributed by atoms with Gasteiger partial charge in [-0.1, -0.05) is 0 Å². The Morgan fingerprint density at radius 3 is 2.94 bits per heavy atom. The molecule has 0 aromatic heterocycles. The zero-order valence-corrected chi connectivity index (χ0v) is 10.9. The molecule has 0 saturated carbocycles. The number of hydrogen-bond donors (Lipinski definition) is 2. The van der Waals surface area contributed by atoms with Gasteiger partial charge in [0.1, 0.15) is 0 Å². The largest absolute Gasteiger partial charge is 0.377 e. The second-order valence-electron chi connectivity index (χ2n) is 4.62. The van der Waals surface area contributed by atoms with Crippen LogP contribution in [0.5, 0.6) is 0 Å². The maximum absolute atomic E-state index is 11.5. The first-order valence-electron chi connectivity index (χ1n) is 6.46. The Bertz CT molecular complexity index is 230. The molecule has 0 bridgehead atoms. The van der Waals surface area contributed by atoms with Crippen molar-refractivity contribution in [2.24, 2.45) is 5.73 Å². The molecule has 5 heteroatoms. The van der Waals surface area contributed by atoms with Gasteiger partial charge in [0.15, 0.2) is 0 Å². The molecule has 1 aliphatic rings. The van der Waals surface area contributed by atoms with Gasteiger partial charge in [-0.25, -0.2) is 0 Å². The molecule has 0 spiro atoms. The zero-order valence-electron chi connectivity index (χ0n) is 10.9. The Morgan fingerprint density at radius 1 is 1.65 bits per heavy atom. The molecule has 3 N–H and O–H groups in total. The molecule has 0 radical (unpaired) electrons. The summed E-state index contributed by atoms with van der Waals surface area (Å²) in [6.07, 6.45) is 3.03. The maximum atomic E-state index is 11.5. The van der Waals surface area contributed by atoms with E-state index in [1.807, 2.05) is 14.0 Å². The first kappa shape index (κ1) is 14.4. The number of nitrogens with one attached hydrogen (secondary N) is 1. The van der Waals surface area contributed by atoms with Gasteiger partial charge in [-0.2, -0.15) is 0 Å². The Kier molecular flexibility index (Phi) is 6.47. The molecule has 1 saturated heterocycles.